The highest BCUT2D eigenvalue weighted by atomic mass is 19.4. The smallest absolute Gasteiger partial charge is 0.354 e. The standard InChI is InChI=1S/C13H22F3N3O/c1-12(4-2-5-18-12)11(20)17-7-10-3-6-19(8-10)9-13(14,15)16/h10,18H,2-9H2,1H3,(H,17,20). The van der Waals surface area contributed by atoms with E-state index in [2.05, 4.69) is 10.6 Å². The summed E-state index contributed by atoms with van der Waals surface area (Å²) in [6.07, 6.45) is -1.64. The molecule has 2 N–H and O–H groups in total. The second-order valence-corrected chi connectivity index (χ2v) is 6.08. The molecule has 2 atom stereocenters. The Hall–Kier alpha value is -0.820. The van der Waals surface area contributed by atoms with Gasteiger partial charge >= 0.3 is 6.18 Å². The first-order valence-electron chi connectivity index (χ1n) is 7.11. The Morgan fingerprint density at radius 2 is 2.25 bits per heavy atom. The number of likely N-dealkylation sites (tertiary alicyclic amines) is 1. The van der Waals surface area contributed by atoms with Crippen LogP contribution in [0, 0.1) is 5.92 Å². The predicted molar refractivity (Wildman–Crippen MR) is 69.3 cm³/mol. The lowest BCUT2D eigenvalue weighted by atomic mass is 9.99. The van der Waals surface area contributed by atoms with Crippen LogP contribution >= 0.6 is 0 Å². The summed E-state index contributed by atoms with van der Waals surface area (Å²) < 4.78 is 36.9. The van der Waals surface area contributed by atoms with Gasteiger partial charge in [0.1, 0.15) is 0 Å². The van der Waals surface area contributed by atoms with Gasteiger partial charge in [-0.15, -0.1) is 0 Å². The highest BCUT2D eigenvalue weighted by Gasteiger charge is 2.37. The first-order chi connectivity index (χ1) is 9.28. The van der Waals surface area contributed by atoms with Gasteiger partial charge in [-0.05, 0) is 45.2 Å². The van der Waals surface area contributed by atoms with E-state index in [1.807, 2.05) is 6.92 Å². The molecule has 0 saturated carbocycles. The van der Waals surface area contributed by atoms with Crippen molar-refractivity contribution in [1.29, 1.82) is 0 Å². The molecule has 2 aliphatic heterocycles. The number of halogens is 3. The molecule has 0 aromatic rings. The summed E-state index contributed by atoms with van der Waals surface area (Å²) >= 11 is 0. The maximum atomic E-state index is 12.3. The van der Waals surface area contributed by atoms with Crippen molar-refractivity contribution in [2.24, 2.45) is 5.92 Å². The van der Waals surface area contributed by atoms with Crippen molar-refractivity contribution in [3.63, 3.8) is 0 Å². The average Bonchev–Trinajstić information content (AvgIpc) is 2.94. The summed E-state index contributed by atoms with van der Waals surface area (Å²) in [6, 6.07) is 0. The second-order valence-electron chi connectivity index (χ2n) is 6.08. The van der Waals surface area contributed by atoms with Crippen LogP contribution in [0.25, 0.3) is 0 Å². The van der Waals surface area contributed by atoms with E-state index in [9.17, 15) is 18.0 Å². The van der Waals surface area contributed by atoms with Crippen molar-refractivity contribution in [1.82, 2.24) is 15.5 Å². The van der Waals surface area contributed by atoms with Gasteiger partial charge in [-0.25, -0.2) is 0 Å². The summed E-state index contributed by atoms with van der Waals surface area (Å²) in [5.41, 5.74) is -0.510. The van der Waals surface area contributed by atoms with E-state index in [0.29, 0.717) is 26.1 Å². The Morgan fingerprint density at radius 1 is 1.50 bits per heavy atom. The molecule has 0 bridgehead atoms. The van der Waals surface area contributed by atoms with Crippen LogP contribution in [-0.4, -0.2) is 55.2 Å². The molecule has 2 fully saturated rings. The molecule has 20 heavy (non-hydrogen) atoms. The van der Waals surface area contributed by atoms with Crippen molar-refractivity contribution in [2.75, 3.05) is 32.7 Å². The minimum Gasteiger partial charge on any atom is -0.354 e. The summed E-state index contributed by atoms with van der Waals surface area (Å²) in [6.45, 7) is 3.19. The minimum atomic E-state index is -4.14. The molecule has 0 radical (unpaired) electrons. The molecule has 0 aliphatic carbocycles. The van der Waals surface area contributed by atoms with E-state index in [0.717, 1.165) is 19.4 Å². The third-order valence-corrected chi connectivity index (χ3v) is 4.19. The van der Waals surface area contributed by atoms with E-state index in [1.165, 1.54) is 4.90 Å². The quantitative estimate of drug-likeness (QED) is 0.817. The van der Waals surface area contributed by atoms with Gasteiger partial charge in [0, 0.05) is 13.1 Å². The Balaban J connectivity index is 1.72. The van der Waals surface area contributed by atoms with Crippen LogP contribution in [0.1, 0.15) is 26.2 Å². The van der Waals surface area contributed by atoms with Gasteiger partial charge in [-0.2, -0.15) is 13.2 Å². The fraction of sp³-hybridized carbons (Fsp3) is 0.923. The zero-order valence-electron chi connectivity index (χ0n) is 11.7. The first kappa shape index (κ1) is 15.6. The molecular formula is C13H22F3N3O. The van der Waals surface area contributed by atoms with Crippen LogP contribution in [0.2, 0.25) is 0 Å². The maximum absolute atomic E-state index is 12.3. The first-order valence-corrected chi connectivity index (χ1v) is 7.11. The van der Waals surface area contributed by atoms with Gasteiger partial charge < -0.3 is 10.6 Å². The number of hydrogen-bond acceptors (Lipinski definition) is 3. The summed E-state index contributed by atoms with van der Waals surface area (Å²) in [5.74, 6) is 0.0792. The molecule has 7 heteroatoms. The number of hydrogen-bond donors (Lipinski definition) is 2. The van der Waals surface area contributed by atoms with E-state index in [-0.39, 0.29) is 11.8 Å². The number of carbonyl (C=O) groups is 1. The van der Waals surface area contributed by atoms with Crippen LogP contribution in [0.15, 0.2) is 0 Å². The van der Waals surface area contributed by atoms with Gasteiger partial charge in [0.2, 0.25) is 5.91 Å². The summed E-state index contributed by atoms with van der Waals surface area (Å²) in [5, 5.41) is 6.06. The van der Waals surface area contributed by atoms with Gasteiger partial charge in [0.05, 0.1) is 12.1 Å². The number of alkyl halides is 3. The topological polar surface area (TPSA) is 44.4 Å². The molecular weight excluding hydrogens is 271 g/mol. The molecule has 1 amide bonds. The van der Waals surface area contributed by atoms with Crippen LogP contribution in [-0.2, 0) is 4.79 Å². The Kier molecular flexibility index (Phi) is 4.59. The van der Waals surface area contributed by atoms with E-state index in [4.69, 9.17) is 0 Å². The molecule has 0 aromatic heterocycles. The van der Waals surface area contributed by atoms with Crippen molar-refractivity contribution >= 4 is 5.91 Å². The highest BCUT2D eigenvalue weighted by molar-refractivity contribution is 5.86. The molecule has 2 saturated heterocycles. The average molecular weight is 293 g/mol. The lowest BCUT2D eigenvalue weighted by Crippen LogP contribution is -2.52. The fourth-order valence-corrected chi connectivity index (χ4v) is 3.00. The normalized spacial score (nSPS) is 31.7. The molecule has 4 nitrogen and oxygen atoms in total. The molecule has 0 spiro atoms. The van der Waals surface area contributed by atoms with Crippen LogP contribution in [0.5, 0.6) is 0 Å². The fourth-order valence-electron chi connectivity index (χ4n) is 3.00. The monoisotopic (exact) mass is 293 g/mol. The zero-order valence-corrected chi connectivity index (χ0v) is 11.7. The molecule has 2 heterocycles. The van der Waals surface area contributed by atoms with E-state index < -0.39 is 18.3 Å². The Labute approximate surface area is 117 Å². The highest BCUT2D eigenvalue weighted by Crippen LogP contribution is 2.23. The van der Waals surface area contributed by atoms with E-state index in [1.54, 1.807) is 0 Å². The molecule has 116 valence electrons. The van der Waals surface area contributed by atoms with Crippen LogP contribution in [0.3, 0.4) is 0 Å². The maximum Gasteiger partial charge on any atom is 0.401 e. The second kappa shape index (κ2) is 5.89. The number of carbonyl (C=O) groups excluding carboxylic acids is 1. The largest absolute Gasteiger partial charge is 0.401 e. The molecule has 2 aliphatic rings. The minimum absolute atomic E-state index is 0.0377. The van der Waals surface area contributed by atoms with Crippen molar-refractivity contribution in [3.8, 4) is 0 Å². The van der Waals surface area contributed by atoms with Crippen molar-refractivity contribution in [2.45, 2.75) is 37.9 Å². The summed E-state index contributed by atoms with van der Waals surface area (Å²) in [7, 11) is 0. The van der Waals surface area contributed by atoms with Gasteiger partial charge in [0.15, 0.2) is 0 Å². The van der Waals surface area contributed by atoms with Gasteiger partial charge in [-0.3, -0.25) is 9.69 Å². The van der Waals surface area contributed by atoms with E-state index >= 15 is 0 Å². The SMILES string of the molecule is CC1(C(=O)NCC2CCN(CC(F)(F)F)C2)CCCN1. The van der Waals surface area contributed by atoms with Crippen molar-refractivity contribution in [3.05, 3.63) is 0 Å². The lowest BCUT2D eigenvalue weighted by molar-refractivity contribution is -0.143. The summed E-state index contributed by atoms with van der Waals surface area (Å²) in [4.78, 5) is 13.5. The van der Waals surface area contributed by atoms with Gasteiger partial charge in [0.25, 0.3) is 0 Å². The Bertz CT molecular complexity index is 353. The predicted octanol–water partition coefficient (Wildman–Crippen LogP) is 1.13. The van der Waals surface area contributed by atoms with Crippen LogP contribution in [0.4, 0.5) is 13.2 Å². The van der Waals surface area contributed by atoms with Crippen molar-refractivity contribution < 1.29 is 18.0 Å². The zero-order chi connectivity index (χ0) is 14.8. The van der Waals surface area contributed by atoms with Gasteiger partial charge in [-0.1, -0.05) is 0 Å². The number of nitrogens with one attached hydrogen (secondary N) is 2. The number of nitrogens with zero attached hydrogens (tertiary/aromatic N) is 1. The number of rotatable bonds is 4. The number of amides is 1. The van der Waals surface area contributed by atoms with Crippen LogP contribution < -0.4 is 10.6 Å². The third-order valence-electron chi connectivity index (χ3n) is 4.19. The third kappa shape index (κ3) is 4.09. The molecule has 2 rings (SSSR count). The lowest BCUT2D eigenvalue weighted by Gasteiger charge is -2.24. The molecule has 0 aromatic carbocycles. The Morgan fingerprint density at radius 3 is 2.85 bits per heavy atom. The molecule has 2 unspecified atom stereocenters.